The fraction of sp³-hybridized carbons (Fsp3) is 0.208. The number of rotatable bonds is 8. The van der Waals surface area contributed by atoms with Gasteiger partial charge in [0.25, 0.3) is 5.91 Å². The Bertz CT molecular complexity index is 879. The zero-order valence-corrected chi connectivity index (χ0v) is 16.3. The minimum Gasteiger partial charge on any atom is -0.489 e. The lowest BCUT2D eigenvalue weighted by Gasteiger charge is -2.25. The number of nitrogens with one attached hydrogen (secondary N) is 1. The highest BCUT2D eigenvalue weighted by atomic mass is 16.5. The van der Waals surface area contributed by atoms with Crippen molar-refractivity contribution in [2.75, 3.05) is 20.6 Å². The summed E-state index contributed by atoms with van der Waals surface area (Å²) in [5.74, 6) is 0.699. The Kier molecular flexibility index (Phi) is 6.82. The Balaban J connectivity index is 1.67. The lowest BCUT2D eigenvalue weighted by atomic mass is 10.0. The average molecular weight is 374 g/mol. The molecular formula is C24H26N2O2. The first-order valence-corrected chi connectivity index (χ1v) is 9.40. The van der Waals surface area contributed by atoms with E-state index in [9.17, 15) is 4.79 Å². The number of para-hydroxylation sites is 1. The zero-order chi connectivity index (χ0) is 19.8. The van der Waals surface area contributed by atoms with Crippen LogP contribution in [-0.4, -0.2) is 31.4 Å². The molecule has 0 heterocycles. The molecule has 0 aromatic heterocycles. The van der Waals surface area contributed by atoms with Gasteiger partial charge < -0.3 is 15.0 Å². The number of likely N-dealkylation sites (N-methyl/N-ethyl adjacent to an activating group) is 1. The van der Waals surface area contributed by atoms with E-state index in [4.69, 9.17) is 4.74 Å². The van der Waals surface area contributed by atoms with Crippen LogP contribution in [0.25, 0.3) is 0 Å². The normalized spacial score (nSPS) is 11.8. The van der Waals surface area contributed by atoms with Gasteiger partial charge >= 0.3 is 0 Å². The molecule has 3 aromatic carbocycles. The molecule has 1 N–H and O–H groups in total. The van der Waals surface area contributed by atoms with Crippen molar-refractivity contribution in [1.29, 1.82) is 0 Å². The summed E-state index contributed by atoms with van der Waals surface area (Å²) in [5.41, 5.74) is 2.68. The number of carbonyl (C=O) groups is 1. The Morgan fingerprint density at radius 2 is 1.50 bits per heavy atom. The van der Waals surface area contributed by atoms with E-state index in [0.29, 0.717) is 18.7 Å². The number of amides is 1. The molecule has 1 atom stereocenters. The molecule has 4 heteroatoms. The first kappa shape index (κ1) is 19.6. The molecule has 0 bridgehead atoms. The molecule has 28 heavy (non-hydrogen) atoms. The molecule has 1 amide bonds. The van der Waals surface area contributed by atoms with E-state index < -0.39 is 0 Å². The molecule has 3 rings (SSSR count). The van der Waals surface area contributed by atoms with Crippen molar-refractivity contribution in [3.63, 3.8) is 0 Å². The van der Waals surface area contributed by atoms with Crippen molar-refractivity contribution in [3.05, 3.63) is 102 Å². The van der Waals surface area contributed by atoms with E-state index in [1.807, 2.05) is 86.9 Å². The highest BCUT2D eigenvalue weighted by Gasteiger charge is 2.17. The number of hydrogen-bond donors (Lipinski definition) is 1. The van der Waals surface area contributed by atoms with E-state index in [1.165, 1.54) is 5.56 Å². The van der Waals surface area contributed by atoms with Gasteiger partial charge in [-0.15, -0.1) is 0 Å². The van der Waals surface area contributed by atoms with Gasteiger partial charge in [-0.3, -0.25) is 4.79 Å². The minimum absolute atomic E-state index is 0.0879. The average Bonchev–Trinajstić information content (AvgIpc) is 2.74. The van der Waals surface area contributed by atoms with Crippen molar-refractivity contribution in [2.24, 2.45) is 0 Å². The number of carbonyl (C=O) groups excluding carboxylic acids is 1. The number of benzene rings is 3. The predicted molar refractivity (Wildman–Crippen MR) is 112 cm³/mol. The summed E-state index contributed by atoms with van der Waals surface area (Å²) in [6.07, 6.45) is 0. The summed E-state index contributed by atoms with van der Waals surface area (Å²) in [6.45, 7) is 0.882. The van der Waals surface area contributed by atoms with E-state index >= 15 is 0 Å². The van der Waals surface area contributed by atoms with Crippen molar-refractivity contribution in [2.45, 2.75) is 12.6 Å². The molecule has 0 aliphatic heterocycles. The van der Waals surface area contributed by atoms with Crippen molar-refractivity contribution in [3.8, 4) is 5.75 Å². The van der Waals surface area contributed by atoms with Crippen LogP contribution in [0.1, 0.15) is 27.5 Å². The van der Waals surface area contributed by atoms with Crippen LogP contribution >= 0.6 is 0 Å². The Morgan fingerprint density at radius 1 is 0.893 bits per heavy atom. The fourth-order valence-electron chi connectivity index (χ4n) is 3.10. The summed E-state index contributed by atoms with van der Waals surface area (Å²) < 4.78 is 5.83. The lowest BCUT2D eigenvalue weighted by Crippen LogP contribution is -2.35. The zero-order valence-electron chi connectivity index (χ0n) is 16.3. The SMILES string of the molecule is CN(C)C(CNC(=O)c1ccccc1COc1ccccc1)c1ccccc1. The largest absolute Gasteiger partial charge is 0.489 e. The summed E-state index contributed by atoms with van der Waals surface area (Å²) in [7, 11) is 4.04. The number of hydrogen-bond acceptors (Lipinski definition) is 3. The van der Waals surface area contributed by atoms with E-state index in [1.54, 1.807) is 0 Å². The molecule has 0 fully saturated rings. The predicted octanol–water partition coefficient (Wildman–Crippen LogP) is 4.30. The van der Waals surface area contributed by atoms with Crippen molar-refractivity contribution in [1.82, 2.24) is 10.2 Å². The van der Waals surface area contributed by atoms with Gasteiger partial charge in [0.05, 0.1) is 6.04 Å². The molecular weight excluding hydrogens is 348 g/mol. The number of nitrogens with zero attached hydrogens (tertiary/aromatic N) is 1. The quantitative estimate of drug-likeness (QED) is 0.639. The van der Waals surface area contributed by atoms with E-state index in [-0.39, 0.29) is 11.9 Å². The van der Waals surface area contributed by atoms with Gasteiger partial charge in [0.2, 0.25) is 0 Å². The third kappa shape index (κ3) is 5.21. The van der Waals surface area contributed by atoms with Crippen LogP contribution in [0.15, 0.2) is 84.9 Å². The van der Waals surface area contributed by atoms with Gasteiger partial charge in [-0.1, -0.05) is 66.7 Å². The molecule has 0 radical (unpaired) electrons. The minimum atomic E-state index is -0.0879. The van der Waals surface area contributed by atoms with Gasteiger partial charge in [-0.2, -0.15) is 0 Å². The summed E-state index contributed by atoms with van der Waals surface area (Å²) >= 11 is 0. The van der Waals surface area contributed by atoms with Gasteiger partial charge in [0, 0.05) is 17.7 Å². The lowest BCUT2D eigenvalue weighted by molar-refractivity contribution is 0.0939. The first-order valence-electron chi connectivity index (χ1n) is 9.40. The van der Waals surface area contributed by atoms with Crippen molar-refractivity contribution >= 4 is 5.91 Å². The number of ether oxygens (including phenoxy) is 1. The van der Waals surface area contributed by atoms with Crippen molar-refractivity contribution < 1.29 is 9.53 Å². The highest BCUT2D eigenvalue weighted by molar-refractivity contribution is 5.95. The van der Waals surface area contributed by atoms with Crippen LogP contribution in [-0.2, 0) is 6.61 Å². The smallest absolute Gasteiger partial charge is 0.251 e. The molecule has 144 valence electrons. The molecule has 4 nitrogen and oxygen atoms in total. The maximum Gasteiger partial charge on any atom is 0.251 e. The van der Waals surface area contributed by atoms with Gasteiger partial charge in [-0.25, -0.2) is 0 Å². The summed E-state index contributed by atoms with van der Waals surface area (Å²) in [5, 5.41) is 3.08. The molecule has 0 aliphatic carbocycles. The van der Waals surface area contributed by atoms with Gasteiger partial charge in [0.15, 0.2) is 0 Å². The third-order valence-corrected chi connectivity index (χ3v) is 4.66. The van der Waals surface area contributed by atoms with Crippen LogP contribution in [0.3, 0.4) is 0 Å². The first-order chi connectivity index (χ1) is 13.6. The topological polar surface area (TPSA) is 41.6 Å². The second kappa shape index (κ2) is 9.72. The second-order valence-electron chi connectivity index (χ2n) is 6.86. The summed E-state index contributed by atoms with van der Waals surface area (Å²) in [4.78, 5) is 15.0. The van der Waals surface area contributed by atoms with Crippen LogP contribution in [0, 0.1) is 0 Å². The Hall–Kier alpha value is -3.11. The fourth-order valence-corrected chi connectivity index (χ4v) is 3.10. The monoisotopic (exact) mass is 374 g/mol. The van der Waals surface area contributed by atoms with Crippen LogP contribution in [0.5, 0.6) is 5.75 Å². The molecule has 0 spiro atoms. The molecule has 0 saturated heterocycles. The molecule has 0 aliphatic rings. The van der Waals surface area contributed by atoms with Crippen LogP contribution in [0.4, 0.5) is 0 Å². The molecule has 3 aromatic rings. The Labute approximate surface area is 166 Å². The summed E-state index contributed by atoms with van der Waals surface area (Å²) in [6, 6.07) is 27.5. The van der Waals surface area contributed by atoms with Gasteiger partial charge in [-0.05, 0) is 37.9 Å². The van der Waals surface area contributed by atoms with E-state index in [2.05, 4.69) is 22.3 Å². The highest BCUT2D eigenvalue weighted by Crippen LogP contribution is 2.18. The third-order valence-electron chi connectivity index (χ3n) is 4.66. The Morgan fingerprint density at radius 3 is 2.18 bits per heavy atom. The second-order valence-corrected chi connectivity index (χ2v) is 6.86. The molecule has 0 saturated carbocycles. The standard InChI is InChI=1S/C24H26N2O2/c1-26(2)23(19-11-5-3-6-12-19)17-25-24(27)22-16-10-9-13-20(22)18-28-21-14-7-4-8-15-21/h3-16,23H,17-18H2,1-2H3,(H,25,27). The van der Waals surface area contributed by atoms with Crippen LogP contribution in [0.2, 0.25) is 0 Å². The maximum atomic E-state index is 12.9. The maximum absolute atomic E-state index is 12.9. The van der Waals surface area contributed by atoms with Gasteiger partial charge in [0.1, 0.15) is 12.4 Å². The molecule has 1 unspecified atom stereocenters. The van der Waals surface area contributed by atoms with Crippen LogP contribution < -0.4 is 10.1 Å². The van der Waals surface area contributed by atoms with E-state index in [0.717, 1.165) is 11.3 Å².